The van der Waals surface area contributed by atoms with Crippen LogP contribution in [0.4, 0.5) is 11.4 Å². The number of hydrogen-bond acceptors (Lipinski definition) is 7. The Bertz CT molecular complexity index is 1180. The maximum Gasteiger partial charge on any atom is 0.278 e. The van der Waals surface area contributed by atoms with Crippen LogP contribution in [0.15, 0.2) is 52.4 Å². The first-order chi connectivity index (χ1) is 14.9. The summed E-state index contributed by atoms with van der Waals surface area (Å²) in [5.41, 5.74) is 1.98. The number of hydrogen-bond donors (Lipinski definition) is 3. The Morgan fingerprint density at radius 1 is 1.13 bits per heavy atom. The molecule has 9 nitrogen and oxygen atoms in total. The molecule has 2 amide bonds. The van der Waals surface area contributed by atoms with Crippen LogP contribution in [0.5, 0.6) is 5.75 Å². The number of nitrogens with one attached hydrogen (secondary N) is 3. The number of benzene rings is 2. The van der Waals surface area contributed by atoms with Gasteiger partial charge in [0.2, 0.25) is 11.8 Å². The van der Waals surface area contributed by atoms with Gasteiger partial charge in [0.05, 0.1) is 18.6 Å². The fourth-order valence-corrected chi connectivity index (χ4v) is 3.41. The first-order valence-electron chi connectivity index (χ1n) is 9.28. The van der Waals surface area contributed by atoms with Crippen molar-refractivity contribution < 1.29 is 14.3 Å². The number of nitrogens with zero attached hydrogens (tertiary/aromatic N) is 2. The number of rotatable bonds is 7. The van der Waals surface area contributed by atoms with Gasteiger partial charge in [-0.05, 0) is 24.6 Å². The summed E-state index contributed by atoms with van der Waals surface area (Å²) in [7, 11) is 1.55. The van der Waals surface area contributed by atoms with Crippen molar-refractivity contribution in [2.75, 3.05) is 23.5 Å². The molecule has 160 valence electrons. The summed E-state index contributed by atoms with van der Waals surface area (Å²) in [6.07, 6.45) is 0. The normalized spacial score (nSPS) is 10.4. The maximum atomic E-state index is 12.6. The Balaban J connectivity index is 1.72. The topological polar surface area (TPSA) is 126 Å². The highest BCUT2D eigenvalue weighted by Crippen LogP contribution is 2.27. The average molecular weight is 439 g/mol. The number of anilines is 2. The van der Waals surface area contributed by atoms with E-state index >= 15 is 0 Å². The minimum atomic E-state index is -0.470. The lowest BCUT2D eigenvalue weighted by Gasteiger charge is -2.12. The van der Waals surface area contributed by atoms with Gasteiger partial charge in [0.1, 0.15) is 5.75 Å². The Hall–Kier alpha value is -3.66. The third-order valence-electron chi connectivity index (χ3n) is 4.20. The van der Waals surface area contributed by atoms with Gasteiger partial charge in [0.25, 0.3) is 5.56 Å². The zero-order valence-corrected chi connectivity index (χ0v) is 18.0. The SMILES string of the molecule is COc1cccc(NC(=O)CSc2nnc(-c3cccc(C)c3NC(C)=O)c(=O)[nH]2)c1. The third kappa shape index (κ3) is 5.70. The van der Waals surface area contributed by atoms with Crippen LogP contribution in [0.2, 0.25) is 0 Å². The molecule has 3 rings (SSSR count). The van der Waals surface area contributed by atoms with Crippen LogP contribution >= 0.6 is 11.8 Å². The molecule has 3 aromatic rings. The fraction of sp³-hybridized carbons (Fsp3) is 0.190. The lowest BCUT2D eigenvalue weighted by atomic mass is 10.1. The second-order valence-electron chi connectivity index (χ2n) is 6.56. The molecule has 0 aliphatic rings. The second kappa shape index (κ2) is 9.90. The molecule has 0 atom stereocenters. The van der Waals surface area contributed by atoms with E-state index in [1.165, 1.54) is 6.92 Å². The van der Waals surface area contributed by atoms with Gasteiger partial charge < -0.3 is 15.4 Å². The largest absolute Gasteiger partial charge is 0.497 e. The number of thioether (sulfide) groups is 1. The van der Waals surface area contributed by atoms with Crippen LogP contribution in [-0.2, 0) is 9.59 Å². The molecule has 0 aliphatic carbocycles. The number of para-hydroxylation sites is 1. The fourth-order valence-electron chi connectivity index (χ4n) is 2.80. The van der Waals surface area contributed by atoms with E-state index in [4.69, 9.17) is 4.74 Å². The Kier molecular flexibility index (Phi) is 7.03. The molecule has 3 N–H and O–H groups in total. The first kappa shape index (κ1) is 22.0. The Labute approximate surface area is 182 Å². The van der Waals surface area contributed by atoms with Gasteiger partial charge in [-0.1, -0.05) is 36.0 Å². The minimum Gasteiger partial charge on any atom is -0.497 e. The van der Waals surface area contributed by atoms with E-state index in [0.29, 0.717) is 22.7 Å². The number of aromatic amines is 1. The van der Waals surface area contributed by atoms with Crippen LogP contribution in [0.25, 0.3) is 11.3 Å². The molecule has 0 aliphatic heterocycles. The highest BCUT2D eigenvalue weighted by Gasteiger charge is 2.15. The van der Waals surface area contributed by atoms with Crippen molar-refractivity contribution in [2.24, 2.45) is 0 Å². The van der Waals surface area contributed by atoms with Gasteiger partial charge in [0, 0.05) is 24.2 Å². The first-order valence-corrected chi connectivity index (χ1v) is 10.3. The molecule has 0 bridgehead atoms. The van der Waals surface area contributed by atoms with Gasteiger partial charge in [0.15, 0.2) is 10.9 Å². The van der Waals surface area contributed by atoms with E-state index < -0.39 is 5.56 Å². The number of methoxy groups -OCH3 is 1. The maximum absolute atomic E-state index is 12.6. The lowest BCUT2D eigenvalue weighted by Crippen LogP contribution is -2.18. The van der Waals surface area contributed by atoms with Crippen molar-refractivity contribution in [3.05, 3.63) is 58.4 Å². The summed E-state index contributed by atoms with van der Waals surface area (Å²) in [6, 6.07) is 12.3. The third-order valence-corrected chi connectivity index (χ3v) is 5.06. The quantitative estimate of drug-likeness (QED) is 0.483. The van der Waals surface area contributed by atoms with Crippen molar-refractivity contribution in [3.8, 4) is 17.0 Å². The van der Waals surface area contributed by atoms with Gasteiger partial charge >= 0.3 is 0 Å². The number of H-pyrrole nitrogens is 1. The Morgan fingerprint density at radius 3 is 2.61 bits per heavy atom. The van der Waals surface area contributed by atoms with E-state index in [0.717, 1.165) is 17.3 Å². The van der Waals surface area contributed by atoms with E-state index in [9.17, 15) is 14.4 Å². The van der Waals surface area contributed by atoms with Gasteiger partial charge in [-0.25, -0.2) is 0 Å². The molecule has 0 radical (unpaired) electrons. The number of amides is 2. The van der Waals surface area contributed by atoms with Crippen LogP contribution in [0.3, 0.4) is 0 Å². The second-order valence-corrected chi connectivity index (χ2v) is 7.52. The summed E-state index contributed by atoms with van der Waals surface area (Å²) in [5, 5.41) is 13.7. The zero-order valence-electron chi connectivity index (χ0n) is 17.2. The zero-order chi connectivity index (χ0) is 22.4. The number of aromatic nitrogens is 3. The van der Waals surface area contributed by atoms with Crippen LogP contribution < -0.4 is 20.9 Å². The van der Waals surface area contributed by atoms with E-state index in [1.54, 1.807) is 43.5 Å². The van der Waals surface area contributed by atoms with E-state index in [2.05, 4.69) is 25.8 Å². The molecular formula is C21H21N5O4S. The molecule has 1 heterocycles. The standard InChI is InChI=1S/C21H21N5O4S/c1-12-6-4-9-16(18(12)22-13(2)27)19-20(29)24-21(26-25-19)31-11-17(28)23-14-7-5-8-15(10-14)30-3/h4-10H,11H2,1-3H3,(H,22,27)(H,23,28)(H,24,26,29). The van der Waals surface area contributed by atoms with Crippen LogP contribution in [0.1, 0.15) is 12.5 Å². The van der Waals surface area contributed by atoms with Crippen LogP contribution in [-0.4, -0.2) is 39.9 Å². The van der Waals surface area contributed by atoms with Gasteiger partial charge in [-0.2, -0.15) is 0 Å². The average Bonchev–Trinajstić information content (AvgIpc) is 2.74. The summed E-state index contributed by atoms with van der Waals surface area (Å²) < 4.78 is 5.13. The molecule has 31 heavy (non-hydrogen) atoms. The van der Waals surface area contributed by atoms with Crippen molar-refractivity contribution in [1.29, 1.82) is 0 Å². The smallest absolute Gasteiger partial charge is 0.278 e. The van der Waals surface area contributed by atoms with Crippen molar-refractivity contribution in [1.82, 2.24) is 15.2 Å². The van der Waals surface area contributed by atoms with Crippen molar-refractivity contribution >= 4 is 35.0 Å². The monoisotopic (exact) mass is 439 g/mol. The summed E-state index contributed by atoms with van der Waals surface area (Å²) in [5.74, 6) is 0.139. The molecule has 1 aromatic heterocycles. The van der Waals surface area contributed by atoms with E-state index in [1.807, 2.05) is 13.0 Å². The predicted octanol–water partition coefficient (Wildman–Crippen LogP) is 2.84. The van der Waals surface area contributed by atoms with E-state index in [-0.39, 0.29) is 28.4 Å². The summed E-state index contributed by atoms with van der Waals surface area (Å²) >= 11 is 1.05. The molecular weight excluding hydrogens is 418 g/mol. The molecule has 10 heteroatoms. The highest BCUT2D eigenvalue weighted by molar-refractivity contribution is 7.99. The molecule has 0 saturated carbocycles. The molecule has 0 fully saturated rings. The lowest BCUT2D eigenvalue weighted by molar-refractivity contribution is -0.114. The number of ether oxygens (including phenoxy) is 1. The predicted molar refractivity (Wildman–Crippen MR) is 119 cm³/mol. The Morgan fingerprint density at radius 2 is 1.90 bits per heavy atom. The summed E-state index contributed by atoms with van der Waals surface area (Å²) in [4.78, 5) is 38.9. The van der Waals surface area contributed by atoms with Crippen molar-refractivity contribution in [3.63, 3.8) is 0 Å². The number of carbonyl (C=O) groups excluding carboxylic acids is 2. The molecule has 0 unspecified atom stereocenters. The number of aryl methyl sites for hydroxylation is 1. The van der Waals surface area contributed by atoms with Crippen molar-refractivity contribution in [2.45, 2.75) is 19.0 Å². The number of carbonyl (C=O) groups is 2. The summed E-state index contributed by atoms with van der Waals surface area (Å²) in [6.45, 7) is 3.21. The molecule has 0 spiro atoms. The van der Waals surface area contributed by atoms with Gasteiger partial charge in [-0.15, -0.1) is 10.2 Å². The minimum absolute atomic E-state index is 0.0305. The van der Waals surface area contributed by atoms with Gasteiger partial charge in [-0.3, -0.25) is 19.4 Å². The highest BCUT2D eigenvalue weighted by atomic mass is 32.2. The molecule has 0 saturated heterocycles. The van der Waals surface area contributed by atoms with Crippen LogP contribution in [0, 0.1) is 6.92 Å². The molecule has 2 aromatic carbocycles.